The zero-order chi connectivity index (χ0) is 18.4. The molecule has 2 rings (SSSR count). The average Bonchev–Trinajstić information content (AvgIpc) is 2.60. The Hall–Kier alpha value is -2.73. The first-order valence-corrected chi connectivity index (χ1v) is 7.99. The summed E-state index contributed by atoms with van der Waals surface area (Å²) in [4.78, 5) is 25.7. The highest BCUT2D eigenvalue weighted by atomic mass is 35.5. The maximum Gasteiger partial charge on any atom is 0.338 e. The van der Waals surface area contributed by atoms with Crippen LogP contribution in [-0.4, -0.2) is 32.6 Å². The van der Waals surface area contributed by atoms with Crippen molar-refractivity contribution in [1.29, 1.82) is 0 Å². The van der Waals surface area contributed by atoms with E-state index in [-0.39, 0.29) is 23.8 Å². The average molecular weight is 362 g/mol. The quantitative estimate of drug-likeness (QED) is 0.610. The number of nitrogen functional groups attached to an aromatic ring is 1. The minimum absolute atomic E-state index is 0.244. The third-order valence-corrected chi connectivity index (χ3v) is 3.85. The molecule has 0 unspecified atom stereocenters. The molecule has 0 aliphatic rings. The van der Waals surface area contributed by atoms with E-state index < -0.39 is 5.97 Å². The molecular weight excluding hydrogens is 342 g/mol. The van der Waals surface area contributed by atoms with Crippen molar-refractivity contribution >= 4 is 34.9 Å². The molecule has 3 N–H and O–H groups in total. The first-order valence-electron chi connectivity index (χ1n) is 7.62. The SMILES string of the molecule is CN(C)c1ccc(CNC(=O)COC(=O)c2ccc(Cl)c(N)c2)cc1. The Morgan fingerprint density at radius 1 is 1.16 bits per heavy atom. The summed E-state index contributed by atoms with van der Waals surface area (Å²) in [5.74, 6) is -1.01. The maximum absolute atomic E-state index is 11.9. The minimum atomic E-state index is -0.631. The molecule has 0 heterocycles. The highest BCUT2D eigenvalue weighted by Crippen LogP contribution is 2.19. The van der Waals surface area contributed by atoms with Gasteiger partial charge < -0.3 is 20.7 Å². The topological polar surface area (TPSA) is 84.7 Å². The number of ether oxygens (including phenoxy) is 1. The van der Waals surface area contributed by atoms with Crippen LogP contribution in [0.25, 0.3) is 0 Å². The number of nitrogens with two attached hydrogens (primary N) is 1. The molecule has 0 aromatic heterocycles. The van der Waals surface area contributed by atoms with Gasteiger partial charge >= 0.3 is 5.97 Å². The molecule has 1 amide bonds. The molecule has 0 atom stereocenters. The van der Waals surface area contributed by atoms with Crippen LogP contribution in [0.5, 0.6) is 0 Å². The summed E-state index contributed by atoms with van der Waals surface area (Å²) in [5.41, 5.74) is 8.19. The van der Waals surface area contributed by atoms with Crippen LogP contribution in [0.1, 0.15) is 15.9 Å². The van der Waals surface area contributed by atoms with Crippen LogP contribution in [0, 0.1) is 0 Å². The summed E-state index contributed by atoms with van der Waals surface area (Å²) in [5, 5.41) is 3.06. The van der Waals surface area contributed by atoms with Crippen molar-refractivity contribution in [3.63, 3.8) is 0 Å². The van der Waals surface area contributed by atoms with Crippen LogP contribution < -0.4 is 16.0 Å². The van der Waals surface area contributed by atoms with Gasteiger partial charge in [-0.25, -0.2) is 4.79 Å². The molecule has 0 saturated heterocycles. The van der Waals surface area contributed by atoms with Crippen LogP contribution in [0.3, 0.4) is 0 Å². The molecule has 0 aliphatic heterocycles. The van der Waals surface area contributed by atoms with Crippen molar-refractivity contribution in [2.45, 2.75) is 6.54 Å². The molecule has 25 heavy (non-hydrogen) atoms. The van der Waals surface area contributed by atoms with Crippen molar-refractivity contribution in [1.82, 2.24) is 5.32 Å². The number of esters is 1. The van der Waals surface area contributed by atoms with E-state index in [1.165, 1.54) is 18.2 Å². The Balaban J connectivity index is 1.80. The summed E-state index contributed by atoms with van der Waals surface area (Å²) >= 11 is 5.80. The number of halogens is 1. The van der Waals surface area contributed by atoms with Crippen molar-refractivity contribution in [2.24, 2.45) is 0 Å². The number of nitrogens with one attached hydrogen (secondary N) is 1. The highest BCUT2D eigenvalue weighted by molar-refractivity contribution is 6.33. The first-order chi connectivity index (χ1) is 11.9. The fraction of sp³-hybridized carbons (Fsp3) is 0.222. The number of rotatable bonds is 6. The highest BCUT2D eigenvalue weighted by Gasteiger charge is 2.11. The molecular formula is C18H20ClN3O3. The van der Waals surface area contributed by atoms with E-state index in [1.54, 1.807) is 0 Å². The number of nitrogens with zero attached hydrogens (tertiary/aromatic N) is 1. The van der Waals surface area contributed by atoms with Crippen LogP contribution in [0.15, 0.2) is 42.5 Å². The third kappa shape index (κ3) is 5.39. The lowest BCUT2D eigenvalue weighted by molar-refractivity contribution is -0.124. The number of hydrogen-bond acceptors (Lipinski definition) is 5. The number of carbonyl (C=O) groups excluding carboxylic acids is 2. The van der Waals surface area contributed by atoms with E-state index in [0.717, 1.165) is 11.3 Å². The molecule has 6 nitrogen and oxygen atoms in total. The molecule has 0 bridgehead atoms. The second-order valence-electron chi connectivity index (χ2n) is 5.65. The van der Waals surface area contributed by atoms with Crippen molar-refractivity contribution in [2.75, 3.05) is 31.3 Å². The van der Waals surface area contributed by atoms with Gasteiger partial charge in [0, 0.05) is 26.3 Å². The van der Waals surface area contributed by atoms with Gasteiger partial charge in [-0.2, -0.15) is 0 Å². The molecule has 2 aromatic rings. The first kappa shape index (κ1) is 18.6. The van der Waals surface area contributed by atoms with E-state index in [9.17, 15) is 9.59 Å². The van der Waals surface area contributed by atoms with Crippen molar-refractivity contribution in [3.05, 3.63) is 58.6 Å². The third-order valence-electron chi connectivity index (χ3n) is 3.51. The monoisotopic (exact) mass is 361 g/mol. The van der Waals surface area contributed by atoms with Crippen LogP contribution in [-0.2, 0) is 16.1 Å². The fourth-order valence-corrected chi connectivity index (χ4v) is 2.17. The van der Waals surface area contributed by atoms with Gasteiger partial charge in [0.25, 0.3) is 5.91 Å². The summed E-state index contributed by atoms with van der Waals surface area (Å²) < 4.78 is 4.97. The van der Waals surface area contributed by atoms with Gasteiger partial charge in [0.05, 0.1) is 16.3 Å². The zero-order valence-corrected chi connectivity index (χ0v) is 14.8. The van der Waals surface area contributed by atoms with Gasteiger partial charge in [0.1, 0.15) is 0 Å². The number of amides is 1. The summed E-state index contributed by atoms with van der Waals surface area (Å²) in [6, 6.07) is 12.2. The number of carbonyl (C=O) groups is 2. The van der Waals surface area contributed by atoms with Crippen molar-refractivity contribution < 1.29 is 14.3 Å². The Morgan fingerprint density at radius 2 is 1.84 bits per heavy atom. The van der Waals surface area contributed by atoms with Crippen LogP contribution in [0.2, 0.25) is 5.02 Å². The minimum Gasteiger partial charge on any atom is -0.452 e. The number of benzene rings is 2. The number of hydrogen-bond donors (Lipinski definition) is 2. The fourth-order valence-electron chi connectivity index (χ4n) is 2.05. The van der Waals surface area contributed by atoms with Gasteiger partial charge in [0.15, 0.2) is 6.61 Å². The van der Waals surface area contributed by atoms with Crippen LogP contribution >= 0.6 is 11.6 Å². The second-order valence-corrected chi connectivity index (χ2v) is 6.06. The van der Waals surface area contributed by atoms with E-state index in [2.05, 4.69) is 5.32 Å². The number of anilines is 2. The lowest BCUT2D eigenvalue weighted by Gasteiger charge is -2.13. The molecule has 132 valence electrons. The Kier molecular flexibility index (Phi) is 6.25. The second kappa shape index (κ2) is 8.39. The van der Waals surface area contributed by atoms with Crippen molar-refractivity contribution in [3.8, 4) is 0 Å². The molecule has 0 saturated carbocycles. The van der Waals surface area contributed by atoms with Gasteiger partial charge in [0.2, 0.25) is 0 Å². The summed E-state index contributed by atoms with van der Waals surface area (Å²) in [6.45, 7) is -0.00483. The lowest BCUT2D eigenvalue weighted by Crippen LogP contribution is -2.28. The summed E-state index contributed by atoms with van der Waals surface area (Å²) in [6.07, 6.45) is 0. The Bertz CT molecular complexity index is 761. The van der Waals surface area contributed by atoms with Gasteiger partial charge in [-0.3, -0.25) is 4.79 Å². The van der Waals surface area contributed by atoms with E-state index >= 15 is 0 Å². The van der Waals surface area contributed by atoms with E-state index in [4.69, 9.17) is 22.1 Å². The smallest absolute Gasteiger partial charge is 0.338 e. The van der Waals surface area contributed by atoms with Gasteiger partial charge in [-0.05, 0) is 35.9 Å². The molecule has 0 radical (unpaired) electrons. The maximum atomic E-state index is 11.9. The lowest BCUT2D eigenvalue weighted by atomic mass is 10.2. The Morgan fingerprint density at radius 3 is 2.44 bits per heavy atom. The molecule has 7 heteroatoms. The molecule has 0 aliphatic carbocycles. The largest absolute Gasteiger partial charge is 0.452 e. The van der Waals surface area contributed by atoms with Gasteiger partial charge in [-0.1, -0.05) is 23.7 Å². The normalized spacial score (nSPS) is 10.2. The molecule has 0 fully saturated rings. The predicted octanol–water partition coefficient (Wildman–Crippen LogP) is 2.46. The van der Waals surface area contributed by atoms with E-state index in [1.807, 2.05) is 43.3 Å². The molecule has 2 aromatic carbocycles. The van der Waals surface area contributed by atoms with Gasteiger partial charge in [-0.15, -0.1) is 0 Å². The Labute approximate surface area is 151 Å². The van der Waals surface area contributed by atoms with Crippen LogP contribution in [0.4, 0.5) is 11.4 Å². The van der Waals surface area contributed by atoms with E-state index in [0.29, 0.717) is 11.6 Å². The standard InChI is InChI=1S/C18H20ClN3O3/c1-22(2)14-6-3-12(4-7-14)10-21-17(23)11-25-18(24)13-5-8-15(19)16(20)9-13/h3-9H,10-11,20H2,1-2H3,(H,21,23). The predicted molar refractivity (Wildman–Crippen MR) is 98.8 cm³/mol. The molecule has 0 spiro atoms. The zero-order valence-electron chi connectivity index (χ0n) is 14.1. The summed E-state index contributed by atoms with van der Waals surface area (Å²) in [7, 11) is 3.92.